The molecule has 1 rings (SSSR count). The second kappa shape index (κ2) is 7.65. The van der Waals surface area contributed by atoms with Gasteiger partial charge in [-0.05, 0) is 31.7 Å². The molecule has 2 amide bonds. The van der Waals surface area contributed by atoms with E-state index in [2.05, 4.69) is 16.0 Å². The van der Waals surface area contributed by atoms with E-state index in [0.29, 0.717) is 13.0 Å². The Labute approximate surface area is 120 Å². The maximum Gasteiger partial charge on any atom is 0.228 e. The lowest BCUT2D eigenvalue weighted by atomic mass is 10.1. The molecule has 1 aromatic carbocycles. The van der Waals surface area contributed by atoms with Crippen LogP contribution >= 0.6 is 0 Å². The van der Waals surface area contributed by atoms with E-state index < -0.39 is 0 Å². The van der Waals surface area contributed by atoms with Gasteiger partial charge in [-0.2, -0.15) is 0 Å². The Bertz CT molecular complexity index is 486. The molecule has 3 N–H and O–H groups in total. The number of anilines is 2. The third-order valence-electron chi connectivity index (χ3n) is 3.14. The first-order valence-corrected chi connectivity index (χ1v) is 6.84. The van der Waals surface area contributed by atoms with Crippen LogP contribution in [-0.4, -0.2) is 25.4 Å². The Morgan fingerprint density at radius 1 is 1.20 bits per heavy atom. The first-order valence-electron chi connectivity index (χ1n) is 6.84. The van der Waals surface area contributed by atoms with Crippen LogP contribution in [0.4, 0.5) is 11.4 Å². The monoisotopic (exact) mass is 277 g/mol. The molecule has 1 unspecified atom stereocenters. The van der Waals surface area contributed by atoms with Crippen molar-refractivity contribution in [2.24, 2.45) is 5.92 Å². The van der Waals surface area contributed by atoms with Crippen molar-refractivity contribution in [2.45, 2.75) is 27.2 Å². The van der Waals surface area contributed by atoms with Crippen molar-refractivity contribution in [1.29, 1.82) is 0 Å². The van der Waals surface area contributed by atoms with Gasteiger partial charge in [0.1, 0.15) is 0 Å². The largest absolute Gasteiger partial charge is 0.326 e. The number of benzene rings is 1. The molecule has 0 aromatic heterocycles. The number of amides is 2. The Kier molecular flexibility index (Phi) is 6.18. The zero-order valence-electron chi connectivity index (χ0n) is 12.5. The molecule has 0 saturated heterocycles. The van der Waals surface area contributed by atoms with Crippen LogP contribution in [0.2, 0.25) is 0 Å². The van der Waals surface area contributed by atoms with Crippen LogP contribution in [0, 0.1) is 12.8 Å². The molecule has 0 aliphatic carbocycles. The minimum Gasteiger partial charge on any atom is -0.326 e. The molecule has 0 radical (unpaired) electrons. The van der Waals surface area contributed by atoms with E-state index >= 15 is 0 Å². The summed E-state index contributed by atoms with van der Waals surface area (Å²) in [4.78, 5) is 23.5. The lowest BCUT2D eigenvalue weighted by Crippen LogP contribution is -2.28. The molecule has 0 bridgehead atoms. The van der Waals surface area contributed by atoms with E-state index in [1.165, 1.54) is 0 Å². The zero-order valence-corrected chi connectivity index (χ0v) is 12.5. The minimum atomic E-state index is -0.117. The minimum absolute atomic E-state index is 0.0404. The Morgan fingerprint density at radius 2 is 1.80 bits per heavy atom. The van der Waals surface area contributed by atoms with Crippen LogP contribution in [-0.2, 0) is 9.59 Å². The standard InChI is InChI=1S/C15H23N3O2/c1-5-14(19)17-12-7-6-8-13(11(12)3)18-15(20)10(2)9-16-4/h6-8,10,16H,5,9H2,1-4H3,(H,17,19)(H,18,20). The Morgan fingerprint density at radius 3 is 2.35 bits per heavy atom. The van der Waals surface area contributed by atoms with Crippen molar-refractivity contribution in [3.63, 3.8) is 0 Å². The highest BCUT2D eigenvalue weighted by Crippen LogP contribution is 2.23. The lowest BCUT2D eigenvalue weighted by Gasteiger charge is -2.15. The average molecular weight is 277 g/mol. The van der Waals surface area contributed by atoms with E-state index in [1.54, 1.807) is 6.92 Å². The van der Waals surface area contributed by atoms with Gasteiger partial charge in [-0.1, -0.05) is 19.9 Å². The van der Waals surface area contributed by atoms with E-state index in [-0.39, 0.29) is 17.7 Å². The van der Waals surface area contributed by atoms with Gasteiger partial charge < -0.3 is 16.0 Å². The number of carbonyl (C=O) groups excluding carboxylic acids is 2. The van der Waals surface area contributed by atoms with Crippen LogP contribution in [0.15, 0.2) is 18.2 Å². The van der Waals surface area contributed by atoms with Crippen molar-refractivity contribution < 1.29 is 9.59 Å². The predicted octanol–water partition coefficient (Wildman–Crippen LogP) is 2.14. The second-order valence-electron chi connectivity index (χ2n) is 4.83. The third kappa shape index (κ3) is 4.35. The van der Waals surface area contributed by atoms with E-state index in [9.17, 15) is 9.59 Å². The highest BCUT2D eigenvalue weighted by atomic mass is 16.2. The summed E-state index contributed by atoms with van der Waals surface area (Å²) in [5.41, 5.74) is 2.32. The maximum absolute atomic E-state index is 12.0. The molecule has 5 heteroatoms. The van der Waals surface area contributed by atoms with Gasteiger partial charge >= 0.3 is 0 Å². The van der Waals surface area contributed by atoms with Crippen LogP contribution in [0.1, 0.15) is 25.8 Å². The van der Waals surface area contributed by atoms with Gasteiger partial charge in [0.2, 0.25) is 11.8 Å². The van der Waals surface area contributed by atoms with Crippen molar-refractivity contribution in [2.75, 3.05) is 24.2 Å². The van der Waals surface area contributed by atoms with Crippen molar-refractivity contribution in [3.8, 4) is 0 Å². The number of hydrogen-bond acceptors (Lipinski definition) is 3. The van der Waals surface area contributed by atoms with Crippen molar-refractivity contribution in [3.05, 3.63) is 23.8 Å². The first-order chi connectivity index (χ1) is 9.49. The molecule has 0 saturated carbocycles. The number of hydrogen-bond donors (Lipinski definition) is 3. The SMILES string of the molecule is CCC(=O)Nc1cccc(NC(=O)C(C)CNC)c1C. The van der Waals surface area contributed by atoms with E-state index in [4.69, 9.17) is 0 Å². The molecular formula is C15H23N3O2. The fraction of sp³-hybridized carbons (Fsp3) is 0.467. The van der Waals surface area contributed by atoms with Crippen LogP contribution in [0.3, 0.4) is 0 Å². The summed E-state index contributed by atoms with van der Waals surface area (Å²) in [5.74, 6) is -0.199. The number of rotatable bonds is 6. The molecule has 110 valence electrons. The summed E-state index contributed by atoms with van der Waals surface area (Å²) in [7, 11) is 1.82. The van der Waals surface area contributed by atoms with Gasteiger partial charge in [0.25, 0.3) is 0 Å². The molecule has 0 spiro atoms. The summed E-state index contributed by atoms with van der Waals surface area (Å²) in [6, 6.07) is 5.48. The van der Waals surface area contributed by atoms with Crippen molar-refractivity contribution >= 4 is 23.2 Å². The summed E-state index contributed by atoms with van der Waals surface area (Å²) in [6.45, 7) is 6.17. The summed E-state index contributed by atoms with van der Waals surface area (Å²) in [5, 5.41) is 8.70. The first kappa shape index (κ1) is 16.2. The van der Waals surface area contributed by atoms with Gasteiger partial charge in [0.05, 0.1) is 0 Å². The second-order valence-corrected chi connectivity index (χ2v) is 4.83. The van der Waals surface area contributed by atoms with Gasteiger partial charge in [-0.3, -0.25) is 9.59 Å². The molecule has 1 atom stereocenters. The van der Waals surface area contributed by atoms with Crippen LogP contribution in [0.5, 0.6) is 0 Å². The Hall–Kier alpha value is -1.88. The molecule has 20 heavy (non-hydrogen) atoms. The fourth-order valence-corrected chi connectivity index (χ4v) is 1.80. The molecule has 0 heterocycles. The highest BCUT2D eigenvalue weighted by molar-refractivity contribution is 5.96. The molecule has 1 aromatic rings. The zero-order chi connectivity index (χ0) is 15.1. The number of carbonyl (C=O) groups is 2. The van der Waals surface area contributed by atoms with E-state index in [1.807, 2.05) is 39.1 Å². The number of nitrogens with one attached hydrogen (secondary N) is 3. The fourth-order valence-electron chi connectivity index (χ4n) is 1.80. The summed E-state index contributed by atoms with van der Waals surface area (Å²) < 4.78 is 0. The van der Waals surface area contributed by atoms with Gasteiger partial charge in [0, 0.05) is 30.3 Å². The van der Waals surface area contributed by atoms with E-state index in [0.717, 1.165) is 16.9 Å². The molecule has 0 fully saturated rings. The van der Waals surface area contributed by atoms with Gasteiger partial charge in [0.15, 0.2) is 0 Å². The quantitative estimate of drug-likeness (QED) is 0.746. The summed E-state index contributed by atoms with van der Waals surface area (Å²) in [6.07, 6.45) is 0.426. The van der Waals surface area contributed by atoms with Crippen LogP contribution < -0.4 is 16.0 Å². The topological polar surface area (TPSA) is 70.2 Å². The van der Waals surface area contributed by atoms with Gasteiger partial charge in [-0.15, -0.1) is 0 Å². The normalized spacial score (nSPS) is 11.8. The molecule has 0 aliphatic heterocycles. The molecule has 0 aliphatic rings. The lowest BCUT2D eigenvalue weighted by molar-refractivity contribution is -0.119. The molecular weight excluding hydrogens is 254 g/mol. The van der Waals surface area contributed by atoms with Gasteiger partial charge in [-0.25, -0.2) is 0 Å². The molecule has 5 nitrogen and oxygen atoms in total. The Balaban J connectivity index is 2.83. The smallest absolute Gasteiger partial charge is 0.228 e. The highest BCUT2D eigenvalue weighted by Gasteiger charge is 2.14. The maximum atomic E-state index is 12.0. The average Bonchev–Trinajstić information content (AvgIpc) is 2.43. The third-order valence-corrected chi connectivity index (χ3v) is 3.14. The summed E-state index contributed by atoms with van der Waals surface area (Å²) >= 11 is 0. The predicted molar refractivity (Wildman–Crippen MR) is 81.8 cm³/mol. The van der Waals surface area contributed by atoms with Crippen molar-refractivity contribution in [1.82, 2.24) is 5.32 Å². The van der Waals surface area contributed by atoms with Crippen LogP contribution in [0.25, 0.3) is 0 Å².